The Labute approximate surface area is 109 Å². The van der Waals surface area contributed by atoms with Crippen molar-refractivity contribution in [1.29, 1.82) is 0 Å². The van der Waals surface area contributed by atoms with E-state index >= 15 is 0 Å². The maximum atomic E-state index is 13.9. The van der Waals surface area contributed by atoms with Crippen molar-refractivity contribution in [3.05, 3.63) is 29.6 Å². The van der Waals surface area contributed by atoms with Crippen LogP contribution in [0.15, 0.2) is 18.2 Å². The summed E-state index contributed by atoms with van der Waals surface area (Å²) in [6.45, 7) is 6.17. The molecule has 0 fully saturated rings. The number of halogens is 1. The Hall–Kier alpha value is -1.13. The Bertz CT molecular complexity index is 369. The molecular weight excluding hydrogens is 231 g/mol. The van der Waals surface area contributed by atoms with Gasteiger partial charge in [0.05, 0.1) is 12.3 Å². The number of ether oxygens (including phenoxy) is 1. The zero-order chi connectivity index (χ0) is 13.5. The van der Waals surface area contributed by atoms with Gasteiger partial charge in [0, 0.05) is 33.3 Å². The Balaban J connectivity index is 2.80. The predicted octanol–water partition coefficient (Wildman–Crippen LogP) is 2.41. The standard InChI is InChI=1S/C14H23FN2O/c1-11(2)17(3)14-12(6-5-7-13(14)15)10-16-8-9-18-4/h5-7,11,16H,8-10H2,1-4H3. The molecule has 0 atom stereocenters. The number of nitrogens with zero attached hydrogens (tertiary/aromatic N) is 1. The topological polar surface area (TPSA) is 24.5 Å². The lowest BCUT2D eigenvalue weighted by molar-refractivity contribution is 0.199. The Morgan fingerprint density at radius 3 is 2.72 bits per heavy atom. The molecule has 0 radical (unpaired) electrons. The lowest BCUT2D eigenvalue weighted by Gasteiger charge is -2.27. The van der Waals surface area contributed by atoms with Gasteiger partial charge in [-0.05, 0) is 25.5 Å². The lowest BCUT2D eigenvalue weighted by Crippen LogP contribution is -2.29. The van der Waals surface area contributed by atoms with E-state index in [-0.39, 0.29) is 11.9 Å². The van der Waals surface area contributed by atoms with E-state index in [1.807, 2.05) is 18.0 Å². The van der Waals surface area contributed by atoms with Crippen molar-refractivity contribution < 1.29 is 9.13 Å². The highest BCUT2D eigenvalue weighted by Gasteiger charge is 2.14. The molecular formula is C14H23FN2O. The van der Waals surface area contributed by atoms with Crippen LogP contribution in [0.1, 0.15) is 19.4 Å². The number of hydrogen-bond acceptors (Lipinski definition) is 3. The molecule has 0 aliphatic heterocycles. The number of anilines is 1. The monoisotopic (exact) mass is 254 g/mol. The van der Waals surface area contributed by atoms with Crippen LogP contribution >= 0.6 is 0 Å². The molecule has 3 nitrogen and oxygen atoms in total. The van der Waals surface area contributed by atoms with Gasteiger partial charge >= 0.3 is 0 Å². The van der Waals surface area contributed by atoms with E-state index in [0.29, 0.717) is 18.8 Å². The third-order valence-corrected chi connectivity index (χ3v) is 3.00. The van der Waals surface area contributed by atoms with E-state index in [4.69, 9.17) is 4.74 Å². The number of hydrogen-bond donors (Lipinski definition) is 1. The van der Waals surface area contributed by atoms with Crippen molar-refractivity contribution in [2.75, 3.05) is 32.2 Å². The summed E-state index contributed by atoms with van der Waals surface area (Å²) in [5.41, 5.74) is 1.65. The molecule has 1 rings (SSSR count). The van der Waals surface area contributed by atoms with Crippen LogP contribution in [0.2, 0.25) is 0 Å². The number of nitrogens with one attached hydrogen (secondary N) is 1. The van der Waals surface area contributed by atoms with Gasteiger partial charge in [-0.25, -0.2) is 4.39 Å². The fourth-order valence-electron chi connectivity index (χ4n) is 1.75. The first-order valence-corrected chi connectivity index (χ1v) is 6.27. The van der Waals surface area contributed by atoms with E-state index in [0.717, 1.165) is 12.1 Å². The van der Waals surface area contributed by atoms with Crippen LogP contribution < -0.4 is 10.2 Å². The zero-order valence-electron chi connectivity index (χ0n) is 11.7. The second-order valence-electron chi connectivity index (χ2n) is 4.62. The molecule has 0 aromatic heterocycles. The van der Waals surface area contributed by atoms with Crippen LogP contribution in [0.4, 0.5) is 10.1 Å². The van der Waals surface area contributed by atoms with Crippen molar-refractivity contribution in [3.63, 3.8) is 0 Å². The lowest BCUT2D eigenvalue weighted by atomic mass is 10.1. The first-order valence-electron chi connectivity index (χ1n) is 6.27. The number of para-hydroxylation sites is 1. The molecule has 0 heterocycles. The SMILES string of the molecule is COCCNCc1cccc(F)c1N(C)C(C)C. The van der Waals surface area contributed by atoms with Crippen molar-refractivity contribution in [3.8, 4) is 0 Å². The minimum Gasteiger partial charge on any atom is -0.383 e. The molecule has 1 aromatic rings. The second-order valence-corrected chi connectivity index (χ2v) is 4.62. The number of benzene rings is 1. The van der Waals surface area contributed by atoms with Crippen LogP contribution in [-0.4, -0.2) is 33.4 Å². The van der Waals surface area contributed by atoms with E-state index in [9.17, 15) is 4.39 Å². The quantitative estimate of drug-likeness (QED) is 0.756. The van der Waals surface area contributed by atoms with Crippen LogP contribution in [0.3, 0.4) is 0 Å². The van der Waals surface area contributed by atoms with E-state index in [1.54, 1.807) is 13.2 Å². The average molecular weight is 254 g/mol. The summed E-state index contributed by atoms with van der Waals surface area (Å²) in [7, 11) is 3.59. The Kier molecular flexibility index (Phi) is 6.09. The third kappa shape index (κ3) is 3.96. The zero-order valence-corrected chi connectivity index (χ0v) is 11.7. The highest BCUT2D eigenvalue weighted by molar-refractivity contribution is 5.54. The summed E-state index contributed by atoms with van der Waals surface area (Å²) in [6, 6.07) is 5.48. The average Bonchev–Trinajstić information content (AvgIpc) is 2.34. The molecule has 1 N–H and O–H groups in total. The fourth-order valence-corrected chi connectivity index (χ4v) is 1.75. The van der Waals surface area contributed by atoms with E-state index in [1.165, 1.54) is 6.07 Å². The van der Waals surface area contributed by atoms with E-state index < -0.39 is 0 Å². The molecule has 1 aromatic carbocycles. The molecule has 0 saturated carbocycles. The van der Waals surface area contributed by atoms with Gasteiger partial charge in [-0.1, -0.05) is 12.1 Å². The maximum absolute atomic E-state index is 13.9. The van der Waals surface area contributed by atoms with Gasteiger partial charge in [0.15, 0.2) is 0 Å². The molecule has 0 amide bonds. The Morgan fingerprint density at radius 2 is 2.11 bits per heavy atom. The van der Waals surface area contributed by atoms with Gasteiger partial charge < -0.3 is 15.0 Å². The third-order valence-electron chi connectivity index (χ3n) is 3.00. The van der Waals surface area contributed by atoms with Crippen molar-refractivity contribution in [2.45, 2.75) is 26.4 Å². The summed E-state index contributed by atoms with van der Waals surface area (Å²) in [4.78, 5) is 1.96. The van der Waals surface area contributed by atoms with Gasteiger partial charge in [-0.15, -0.1) is 0 Å². The van der Waals surface area contributed by atoms with Crippen molar-refractivity contribution >= 4 is 5.69 Å². The normalized spacial score (nSPS) is 11.0. The first-order chi connectivity index (χ1) is 8.57. The fraction of sp³-hybridized carbons (Fsp3) is 0.571. The summed E-state index contributed by atoms with van der Waals surface area (Å²) < 4.78 is 18.9. The molecule has 0 saturated heterocycles. The summed E-state index contributed by atoms with van der Waals surface area (Å²) >= 11 is 0. The number of methoxy groups -OCH3 is 1. The molecule has 0 aliphatic carbocycles. The minimum absolute atomic E-state index is 0.169. The Morgan fingerprint density at radius 1 is 1.39 bits per heavy atom. The molecule has 4 heteroatoms. The summed E-state index contributed by atoms with van der Waals surface area (Å²) in [5.74, 6) is -0.169. The largest absolute Gasteiger partial charge is 0.383 e. The van der Waals surface area contributed by atoms with Gasteiger partial charge in [0.1, 0.15) is 5.82 Å². The number of rotatable bonds is 7. The molecule has 0 bridgehead atoms. The molecule has 102 valence electrons. The van der Waals surface area contributed by atoms with Gasteiger partial charge in [0.2, 0.25) is 0 Å². The molecule has 18 heavy (non-hydrogen) atoms. The van der Waals surface area contributed by atoms with Crippen LogP contribution in [-0.2, 0) is 11.3 Å². The molecule has 0 spiro atoms. The summed E-state index contributed by atoms with van der Waals surface area (Å²) in [6.07, 6.45) is 0. The first kappa shape index (κ1) is 14.9. The maximum Gasteiger partial charge on any atom is 0.146 e. The van der Waals surface area contributed by atoms with Crippen LogP contribution in [0.5, 0.6) is 0 Å². The van der Waals surface area contributed by atoms with Crippen LogP contribution in [0.25, 0.3) is 0 Å². The van der Waals surface area contributed by atoms with Gasteiger partial charge in [-0.2, -0.15) is 0 Å². The molecule has 0 unspecified atom stereocenters. The minimum atomic E-state index is -0.169. The van der Waals surface area contributed by atoms with Crippen molar-refractivity contribution in [2.24, 2.45) is 0 Å². The highest BCUT2D eigenvalue weighted by Crippen LogP contribution is 2.24. The predicted molar refractivity (Wildman–Crippen MR) is 73.5 cm³/mol. The highest BCUT2D eigenvalue weighted by atomic mass is 19.1. The van der Waals surface area contributed by atoms with E-state index in [2.05, 4.69) is 19.2 Å². The van der Waals surface area contributed by atoms with Crippen LogP contribution in [0, 0.1) is 5.82 Å². The summed E-state index contributed by atoms with van der Waals surface area (Å²) in [5, 5.41) is 3.25. The van der Waals surface area contributed by atoms with Crippen molar-refractivity contribution in [1.82, 2.24) is 5.32 Å². The van der Waals surface area contributed by atoms with Gasteiger partial charge in [0.25, 0.3) is 0 Å². The van der Waals surface area contributed by atoms with Gasteiger partial charge in [-0.3, -0.25) is 0 Å². The molecule has 0 aliphatic rings. The smallest absolute Gasteiger partial charge is 0.146 e. The second kappa shape index (κ2) is 7.34.